The third-order valence-corrected chi connectivity index (χ3v) is 4.72. The van der Waals surface area contributed by atoms with Gasteiger partial charge >= 0.3 is 0 Å². The van der Waals surface area contributed by atoms with Crippen LogP contribution in [-0.2, 0) is 4.79 Å². The third kappa shape index (κ3) is 2.37. The second-order valence-electron chi connectivity index (χ2n) is 6.01. The van der Waals surface area contributed by atoms with Crippen molar-refractivity contribution in [1.82, 2.24) is 0 Å². The van der Waals surface area contributed by atoms with Crippen molar-refractivity contribution < 1.29 is 13.6 Å². The quantitative estimate of drug-likeness (QED) is 0.835. The van der Waals surface area contributed by atoms with Crippen molar-refractivity contribution in [2.24, 2.45) is 17.8 Å². The van der Waals surface area contributed by atoms with E-state index in [0.717, 1.165) is 18.4 Å². The van der Waals surface area contributed by atoms with Crippen molar-refractivity contribution in [3.63, 3.8) is 0 Å². The number of anilines is 2. The maximum Gasteiger partial charge on any atom is 0.224 e. The lowest BCUT2D eigenvalue weighted by Crippen LogP contribution is -2.21. The Kier molecular flexibility index (Phi) is 3.36. The maximum absolute atomic E-state index is 13.6. The van der Waals surface area contributed by atoms with Gasteiger partial charge in [0.15, 0.2) is 11.6 Å². The van der Waals surface area contributed by atoms with Gasteiger partial charge in [-0.2, -0.15) is 0 Å². The van der Waals surface area contributed by atoms with Crippen LogP contribution in [-0.4, -0.2) is 5.91 Å². The molecule has 5 heteroatoms. The minimum Gasteiger partial charge on any atom is -0.397 e. The Hall–Kier alpha value is -1.65. The number of nitrogens with one attached hydrogen (secondary N) is 1. The predicted molar refractivity (Wildman–Crippen MR) is 73.0 cm³/mol. The molecule has 0 aliphatic heterocycles. The monoisotopic (exact) mass is 280 g/mol. The van der Waals surface area contributed by atoms with Crippen molar-refractivity contribution in [2.45, 2.75) is 32.1 Å². The number of amides is 1. The first-order valence-electron chi connectivity index (χ1n) is 7.08. The third-order valence-electron chi connectivity index (χ3n) is 4.72. The molecule has 0 radical (unpaired) electrons. The lowest BCUT2D eigenvalue weighted by Gasteiger charge is -2.21. The summed E-state index contributed by atoms with van der Waals surface area (Å²) in [5.41, 5.74) is 5.39. The molecule has 0 heterocycles. The van der Waals surface area contributed by atoms with Gasteiger partial charge in [-0.05, 0) is 49.1 Å². The van der Waals surface area contributed by atoms with Gasteiger partial charge in [0.25, 0.3) is 0 Å². The van der Waals surface area contributed by atoms with Gasteiger partial charge in [-0.25, -0.2) is 8.78 Å². The van der Waals surface area contributed by atoms with Gasteiger partial charge in [0, 0.05) is 6.42 Å². The summed E-state index contributed by atoms with van der Waals surface area (Å²) in [4.78, 5) is 12.0. The predicted octanol–water partition coefficient (Wildman–Crippen LogP) is 3.31. The highest BCUT2D eigenvalue weighted by Crippen LogP contribution is 2.49. The molecule has 2 fully saturated rings. The fourth-order valence-electron chi connectivity index (χ4n) is 3.75. The normalized spacial score (nSPS) is 27.8. The van der Waals surface area contributed by atoms with Crippen LogP contribution in [0.2, 0.25) is 0 Å². The molecule has 3 nitrogen and oxygen atoms in total. The van der Waals surface area contributed by atoms with Crippen molar-refractivity contribution in [3.05, 3.63) is 23.8 Å². The number of rotatable bonds is 3. The zero-order valence-electron chi connectivity index (χ0n) is 11.2. The minimum atomic E-state index is -1.09. The maximum atomic E-state index is 13.6. The molecule has 1 amide bonds. The number of hydrogen-bond donors (Lipinski definition) is 2. The number of benzene rings is 1. The molecule has 1 aromatic rings. The average Bonchev–Trinajstić information content (AvgIpc) is 3.01. The molecular weight excluding hydrogens is 262 g/mol. The highest BCUT2D eigenvalue weighted by molar-refractivity contribution is 5.94. The molecule has 2 bridgehead atoms. The highest BCUT2D eigenvalue weighted by atomic mass is 19.2. The van der Waals surface area contributed by atoms with Crippen LogP contribution < -0.4 is 11.1 Å². The summed E-state index contributed by atoms with van der Waals surface area (Å²) >= 11 is 0. The van der Waals surface area contributed by atoms with Crippen molar-refractivity contribution >= 4 is 17.3 Å². The molecule has 3 atom stereocenters. The summed E-state index contributed by atoms with van der Waals surface area (Å²) < 4.78 is 26.8. The largest absolute Gasteiger partial charge is 0.397 e. The first kappa shape index (κ1) is 13.3. The van der Waals surface area contributed by atoms with Gasteiger partial charge in [0.05, 0.1) is 5.69 Å². The molecular formula is C15H18F2N2O. The van der Waals surface area contributed by atoms with E-state index in [1.807, 2.05) is 0 Å². The average molecular weight is 280 g/mol. The molecule has 20 heavy (non-hydrogen) atoms. The van der Waals surface area contributed by atoms with E-state index in [-0.39, 0.29) is 17.3 Å². The van der Waals surface area contributed by atoms with Gasteiger partial charge in [0.2, 0.25) is 5.91 Å². The number of nitrogen functional groups attached to an aromatic ring is 1. The molecule has 108 valence electrons. The van der Waals surface area contributed by atoms with Crippen LogP contribution in [0.1, 0.15) is 32.1 Å². The number of nitrogens with two attached hydrogens (primary N) is 1. The summed E-state index contributed by atoms with van der Waals surface area (Å²) in [6, 6.07) is 2.21. The molecule has 0 spiro atoms. The molecule has 3 rings (SSSR count). The van der Waals surface area contributed by atoms with Gasteiger partial charge < -0.3 is 11.1 Å². The Morgan fingerprint density at radius 1 is 1.30 bits per heavy atom. The van der Waals surface area contributed by atoms with E-state index in [0.29, 0.717) is 18.3 Å². The van der Waals surface area contributed by atoms with Crippen LogP contribution >= 0.6 is 0 Å². The van der Waals surface area contributed by atoms with Crippen LogP contribution in [0.3, 0.4) is 0 Å². The number of fused-ring (bicyclic) bond motifs is 2. The Morgan fingerprint density at radius 2 is 2.10 bits per heavy atom. The summed E-state index contributed by atoms with van der Waals surface area (Å²) in [7, 11) is 0. The molecule has 2 aliphatic rings. The van der Waals surface area contributed by atoms with E-state index < -0.39 is 11.6 Å². The zero-order chi connectivity index (χ0) is 14.3. The van der Waals surface area contributed by atoms with Crippen LogP contribution in [0.25, 0.3) is 0 Å². The summed E-state index contributed by atoms with van der Waals surface area (Å²) in [6.07, 6.45) is 5.14. The first-order chi connectivity index (χ1) is 9.54. The number of carbonyl (C=O) groups is 1. The van der Waals surface area contributed by atoms with E-state index in [1.165, 1.54) is 25.3 Å². The molecule has 3 unspecified atom stereocenters. The summed E-state index contributed by atoms with van der Waals surface area (Å²) in [6.45, 7) is 0. The van der Waals surface area contributed by atoms with Gasteiger partial charge in [-0.3, -0.25) is 4.79 Å². The molecule has 2 saturated carbocycles. The van der Waals surface area contributed by atoms with Crippen LogP contribution in [0.5, 0.6) is 0 Å². The van der Waals surface area contributed by atoms with Crippen molar-refractivity contribution in [2.75, 3.05) is 11.1 Å². The van der Waals surface area contributed by atoms with Crippen molar-refractivity contribution in [3.8, 4) is 0 Å². The van der Waals surface area contributed by atoms with E-state index in [9.17, 15) is 13.6 Å². The number of hydrogen-bond acceptors (Lipinski definition) is 2. The standard InChI is InChI=1S/C15H18F2N2O/c16-11-3-4-12(18)15(14(11)17)19-13(20)7-10-6-8-1-2-9(10)5-8/h3-4,8-10H,1-2,5-7,18H2,(H,19,20). The second-order valence-corrected chi connectivity index (χ2v) is 6.01. The van der Waals surface area contributed by atoms with Gasteiger partial charge in [0.1, 0.15) is 5.69 Å². The number of carbonyl (C=O) groups excluding carboxylic acids is 1. The molecule has 1 aromatic carbocycles. The lowest BCUT2D eigenvalue weighted by atomic mass is 9.86. The fourth-order valence-corrected chi connectivity index (χ4v) is 3.75. The van der Waals surface area contributed by atoms with Crippen LogP contribution in [0, 0.1) is 29.4 Å². The Bertz CT molecular complexity index is 547. The highest BCUT2D eigenvalue weighted by Gasteiger charge is 2.40. The van der Waals surface area contributed by atoms with Crippen LogP contribution in [0.15, 0.2) is 12.1 Å². The van der Waals surface area contributed by atoms with E-state index >= 15 is 0 Å². The summed E-state index contributed by atoms with van der Waals surface area (Å²) in [5.74, 6) is -0.611. The smallest absolute Gasteiger partial charge is 0.224 e. The van der Waals surface area contributed by atoms with Crippen molar-refractivity contribution in [1.29, 1.82) is 0 Å². The fraction of sp³-hybridized carbons (Fsp3) is 0.533. The SMILES string of the molecule is Nc1ccc(F)c(F)c1NC(=O)CC1CC2CCC1C2. The molecule has 3 N–H and O–H groups in total. The summed E-state index contributed by atoms with van der Waals surface area (Å²) in [5, 5.41) is 2.43. The molecule has 0 aromatic heterocycles. The Morgan fingerprint density at radius 3 is 2.75 bits per heavy atom. The topological polar surface area (TPSA) is 55.1 Å². The molecule has 0 saturated heterocycles. The lowest BCUT2D eigenvalue weighted by molar-refractivity contribution is -0.117. The minimum absolute atomic E-state index is 0.0465. The number of halogens is 2. The van der Waals surface area contributed by atoms with Gasteiger partial charge in [-0.15, -0.1) is 0 Å². The Labute approximate surface area is 116 Å². The Balaban J connectivity index is 1.66. The van der Waals surface area contributed by atoms with E-state index in [4.69, 9.17) is 5.73 Å². The zero-order valence-corrected chi connectivity index (χ0v) is 11.2. The van der Waals surface area contributed by atoms with E-state index in [1.54, 1.807) is 0 Å². The van der Waals surface area contributed by atoms with Crippen LogP contribution in [0.4, 0.5) is 20.2 Å². The molecule has 2 aliphatic carbocycles. The second kappa shape index (κ2) is 5.04. The van der Waals surface area contributed by atoms with Gasteiger partial charge in [-0.1, -0.05) is 6.42 Å². The first-order valence-corrected chi connectivity index (χ1v) is 7.08. The van der Waals surface area contributed by atoms with E-state index in [2.05, 4.69) is 5.32 Å².